The third kappa shape index (κ3) is 2.71. The predicted molar refractivity (Wildman–Crippen MR) is 67.9 cm³/mol. The van der Waals surface area contributed by atoms with Crippen LogP contribution in [0.4, 0.5) is 0 Å². The molecule has 0 aliphatic carbocycles. The highest BCUT2D eigenvalue weighted by molar-refractivity contribution is 6.42. The average molecular weight is 269 g/mol. The highest BCUT2D eigenvalue weighted by Crippen LogP contribution is 2.23. The molecule has 2 aromatic rings. The van der Waals surface area contributed by atoms with Crippen LogP contribution in [0.25, 0.3) is 0 Å². The SMILES string of the molecule is Cc1ccoc1C(=O)Cc1ccc(Cl)c(Cl)c1. The average Bonchev–Trinajstić information content (AvgIpc) is 2.70. The molecule has 0 saturated carbocycles. The van der Waals surface area contributed by atoms with E-state index in [0.717, 1.165) is 11.1 Å². The fourth-order valence-electron chi connectivity index (χ4n) is 1.57. The predicted octanol–water partition coefficient (Wildman–Crippen LogP) is 4.32. The number of carbonyl (C=O) groups is 1. The first-order valence-corrected chi connectivity index (χ1v) is 5.84. The largest absolute Gasteiger partial charge is 0.461 e. The third-order valence-electron chi connectivity index (χ3n) is 2.46. The van der Waals surface area contributed by atoms with Crippen molar-refractivity contribution in [1.29, 1.82) is 0 Å². The maximum absolute atomic E-state index is 11.9. The topological polar surface area (TPSA) is 30.2 Å². The Morgan fingerprint density at radius 2 is 2.00 bits per heavy atom. The van der Waals surface area contributed by atoms with Crippen molar-refractivity contribution < 1.29 is 9.21 Å². The number of ketones is 1. The summed E-state index contributed by atoms with van der Waals surface area (Å²) < 4.78 is 5.14. The van der Waals surface area contributed by atoms with Gasteiger partial charge >= 0.3 is 0 Å². The van der Waals surface area contributed by atoms with Gasteiger partial charge in [0.05, 0.1) is 16.3 Å². The van der Waals surface area contributed by atoms with Gasteiger partial charge in [0.25, 0.3) is 0 Å². The standard InChI is InChI=1S/C13H10Cl2O2/c1-8-4-5-17-13(8)12(16)7-9-2-3-10(14)11(15)6-9/h2-6H,7H2,1H3. The van der Waals surface area contributed by atoms with Gasteiger partial charge in [0.1, 0.15) is 0 Å². The molecule has 0 aliphatic heterocycles. The zero-order chi connectivity index (χ0) is 12.4. The number of hydrogen-bond donors (Lipinski definition) is 0. The van der Waals surface area contributed by atoms with Gasteiger partial charge in [-0.15, -0.1) is 0 Å². The van der Waals surface area contributed by atoms with E-state index < -0.39 is 0 Å². The Kier molecular flexibility index (Phi) is 3.55. The summed E-state index contributed by atoms with van der Waals surface area (Å²) in [6, 6.07) is 6.92. The van der Waals surface area contributed by atoms with Crippen LogP contribution in [0.5, 0.6) is 0 Å². The van der Waals surface area contributed by atoms with Gasteiger partial charge in [-0.05, 0) is 36.2 Å². The van der Waals surface area contributed by atoms with Crippen molar-refractivity contribution in [3.63, 3.8) is 0 Å². The Hall–Kier alpha value is -1.25. The van der Waals surface area contributed by atoms with Gasteiger partial charge < -0.3 is 4.42 Å². The minimum Gasteiger partial charge on any atom is -0.461 e. The highest BCUT2D eigenvalue weighted by atomic mass is 35.5. The summed E-state index contributed by atoms with van der Waals surface area (Å²) in [6.07, 6.45) is 1.77. The Bertz CT molecular complexity index is 558. The van der Waals surface area contributed by atoms with Crippen LogP contribution in [-0.4, -0.2) is 5.78 Å². The molecule has 0 spiro atoms. The van der Waals surface area contributed by atoms with Crippen LogP contribution in [-0.2, 0) is 6.42 Å². The molecule has 0 atom stereocenters. The van der Waals surface area contributed by atoms with Crippen molar-refractivity contribution >= 4 is 29.0 Å². The smallest absolute Gasteiger partial charge is 0.202 e. The fourth-order valence-corrected chi connectivity index (χ4v) is 1.89. The lowest BCUT2D eigenvalue weighted by molar-refractivity contribution is 0.0965. The second-order valence-corrected chi connectivity index (χ2v) is 4.60. The molecule has 1 aromatic carbocycles. The number of hydrogen-bond acceptors (Lipinski definition) is 2. The number of benzene rings is 1. The molecule has 1 heterocycles. The van der Waals surface area contributed by atoms with Gasteiger partial charge in [0.15, 0.2) is 5.76 Å². The van der Waals surface area contributed by atoms with Crippen molar-refractivity contribution in [2.75, 3.05) is 0 Å². The van der Waals surface area contributed by atoms with Crippen molar-refractivity contribution in [2.45, 2.75) is 13.3 Å². The molecule has 0 saturated heterocycles. The molecular weight excluding hydrogens is 259 g/mol. The van der Waals surface area contributed by atoms with Gasteiger partial charge in [0, 0.05) is 6.42 Å². The van der Waals surface area contributed by atoms with Crippen LogP contribution in [0.15, 0.2) is 34.9 Å². The van der Waals surface area contributed by atoms with E-state index in [2.05, 4.69) is 0 Å². The van der Waals surface area contributed by atoms with Gasteiger partial charge in [-0.1, -0.05) is 29.3 Å². The molecule has 4 heteroatoms. The molecule has 0 aliphatic rings. The summed E-state index contributed by atoms with van der Waals surface area (Å²) in [5.41, 5.74) is 1.66. The summed E-state index contributed by atoms with van der Waals surface area (Å²) in [5.74, 6) is 0.335. The number of aryl methyl sites for hydroxylation is 1. The quantitative estimate of drug-likeness (QED) is 0.777. The van der Waals surface area contributed by atoms with Crippen LogP contribution in [0.2, 0.25) is 10.0 Å². The highest BCUT2D eigenvalue weighted by Gasteiger charge is 2.13. The molecule has 0 amide bonds. The summed E-state index contributed by atoms with van der Waals surface area (Å²) in [4.78, 5) is 11.9. The molecule has 1 aromatic heterocycles. The van der Waals surface area contributed by atoms with Crippen LogP contribution in [0.3, 0.4) is 0 Å². The van der Waals surface area contributed by atoms with Gasteiger partial charge in [0.2, 0.25) is 5.78 Å². The van der Waals surface area contributed by atoms with Crippen LogP contribution in [0, 0.1) is 6.92 Å². The first-order chi connectivity index (χ1) is 8.08. The summed E-state index contributed by atoms with van der Waals surface area (Å²) in [5, 5.41) is 0.935. The molecule has 0 unspecified atom stereocenters. The van der Waals surface area contributed by atoms with Gasteiger partial charge in [-0.2, -0.15) is 0 Å². The number of halogens is 2. The lowest BCUT2D eigenvalue weighted by Gasteiger charge is -2.02. The van der Waals surface area contributed by atoms with E-state index >= 15 is 0 Å². The van der Waals surface area contributed by atoms with E-state index in [1.165, 1.54) is 6.26 Å². The fraction of sp³-hybridized carbons (Fsp3) is 0.154. The van der Waals surface area contributed by atoms with Crippen molar-refractivity contribution in [3.8, 4) is 0 Å². The lowest BCUT2D eigenvalue weighted by Crippen LogP contribution is -2.03. The molecule has 0 radical (unpaired) electrons. The second kappa shape index (κ2) is 4.94. The summed E-state index contributed by atoms with van der Waals surface area (Å²) in [7, 11) is 0. The summed E-state index contributed by atoms with van der Waals surface area (Å²) >= 11 is 11.7. The maximum atomic E-state index is 11.9. The van der Waals surface area contributed by atoms with Crippen molar-refractivity contribution in [1.82, 2.24) is 0 Å². The van der Waals surface area contributed by atoms with Gasteiger partial charge in [-0.25, -0.2) is 0 Å². The number of Topliss-reactive ketones (excluding diaryl/α,β-unsaturated/α-hetero) is 1. The molecule has 88 valence electrons. The first kappa shape index (κ1) is 12.2. The van der Waals surface area contributed by atoms with Crippen LogP contribution in [0.1, 0.15) is 21.7 Å². The molecule has 0 fully saturated rings. The molecule has 0 N–H and O–H groups in total. The zero-order valence-electron chi connectivity index (χ0n) is 9.17. The molecule has 0 bridgehead atoms. The Morgan fingerprint density at radius 1 is 1.24 bits per heavy atom. The summed E-state index contributed by atoms with van der Waals surface area (Å²) in [6.45, 7) is 1.84. The van der Waals surface area contributed by atoms with Crippen LogP contribution >= 0.6 is 23.2 Å². The number of furan rings is 1. The zero-order valence-corrected chi connectivity index (χ0v) is 10.7. The van der Waals surface area contributed by atoms with Gasteiger partial charge in [-0.3, -0.25) is 4.79 Å². The minimum absolute atomic E-state index is 0.0640. The van der Waals surface area contributed by atoms with E-state index in [4.69, 9.17) is 27.6 Å². The number of carbonyl (C=O) groups excluding carboxylic acids is 1. The second-order valence-electron chi connectivity index (χ2n) is 3.78. The first-order valence-electron chi connectivity index (χ1n) is 5.09. The van der Waals surface area contributed by atoms with E-state index in [1.54, 1.807) is 24.3 Å². The normalized spacial score (nSPS) is 10.5. The molecular formula is C13H10Cl2O2. The molecule has 2 rings (SSSR count). The van der Waals surface area contributed by atoms with Crippen molar-refractivity contribution in [2.24, 2.45) is 0 Å². The maximum Gasteiger partial charge on any atom is 0.202 e. The molecule has 17 heavy (non-hydrogen) atoms. The van der Waals surface area contributed by atoms with E-state index in [9.17, 15) is 4.79 Å². The van der Waals surface area contributed by atoms with E-state index in [0.29, 0.717) is 15.8 Å². The Balaban J connectivity index is 2.19. The van der Waals surface area contributed by atoms with Crippen LogP contribution < -0.4 is 0 Å². The Labute approximate surface area is 109 Å². The molecule has 2 nitrogen and oxygen atoms in total. The minimum atomic E-state index is -0.0640. The monoisotopic (exact) mass is 268 g/mol. The number of rotatable bonds is 3. The third-order valence-corrected chi connectivity index (χ3v) is 3.20. The lowest BCUT2D eigenvalue weighted by atomic mass is 10.1. The Morgan fingerprint density at radius 3 is 2.59 bits per heavy atom. The van der Waals surface area contributed by atoms with E-state index in [1.807, 2.05) is 6.92 Å². The van der Waals surface area contributed by atoms with E-state index in [-0.39, 0.29) is 12.2 Å². The van der Waals surface area contributed by atoms with Crippen molar-refractivity contribution in [3.05, 3.63) is 57.5 Å².